The number of fused-ring (bicyclic) bond motifs is 1. The molecule has 1 aromatic heterocycles. The molecule has 0 bridgehead atoms. The Hall–Kier alpha value is -3.42. The number of thiocarbonyl (C=S) groups is 1. The van der Waals surface area contributed by atoms with Gasteiger partial charge in [-0.15, -0.1) is 0 Å². The first-order chi connectivity index (χ1) is 15.9. The van der Waals surface area contributed by atoms with E-state index in [4.69, 9.17) is 33.0 Å². The molecule has 0 atom stereocenters. The van der Waals surface area contributed by atoms with Crippen LogP contribution in [0, 0.1) is 6.92 Å². The third-order valence-electron chi connectivity index (χ3n) is 4.90. The predicted molar refractivity (Wildman–Crippen MR) is 135 cm³/mol. The molecule has 0 saturated carbocycles. The molecule has 0 radical (unpaired) electrons. The molecule has 0 aliphatic rings. The van der Waals surface area contributed by atoms with E-state index in [1.54, 1.807) is 42.5 Å². The van der Waals surface area contributed by atoms with E-state index in [2.05, 4.69) is 15.6 Å². The molecule has 1 heterocycles. The molecule has 8 heteroatoms. The van der Waals surface area contributed by atoms with Crippen molar-refractivity contribution in [1.29, 1.82) is 0 Å². The molecule has 1 amide bonds. The van der Waals surface area contributed by atoms with E-state index in [0.29, 0.717) is 34.2 Å². The van der Waals surface area contributed by atoms with Crippen LogP contribution in [0.1, 0.15) is 29.3 Å². The van der Waals surface area contributed by atoms with Gasteiger partial charge in [-0.3, -0.25) is 10.1 Å². The van der Waals surface area contributed by atoms with Crippen molar-refractivity contribution >= 4 is 51.6 Å². The van der Waals surface area contributed by atoms with Crippen LogP contribution in [0.3, 0.4) is 0 Å². The number of nitrogens with zero attached hydrogens (tertiary/aromatic N) is 1. The predicted octanol–water partition coefficient (Wildman–Crippen LogP) is 6.37. The number of halogens is 1. The molecule has 0 spiro atoms. The van der Waals surface area contributed by atoms with Crippen LogP contribution in [0.2, 0.25) is 5.02 Å². The first-order valence-corrected chi connectivity index (χ1v) is 11.2. The molecule has 0 aliphatic heterocycles. The normalized spacial score (nSPS) is 10.8. The summed E-state index contributed by atoms with van der Waals surface area (Å²) in [6.07, 6.45) is 0.920. The number of carbonyl (C=O) groups excluding carboxylic acids is 1. The summed E-state index contributed by atoms with van der Waals surface area (Å²) >= 11 is 11.4. The zero-order chi connectivity index (χ0) is 23.4. The molecular weight excluding hydrogens is 458 g/mol. The summed E-state index contributed by atoms with van der Waals surface area (Å²) in [6, 6.07) is 18.0. The van der Waals surface area contributed by atoms with E-state index in [9.17, 15) is 4.79 Å². The summed E-state index contributed by atoms with van der Waals surface area (Å²) < 4.78 is 11.4. The van der Waals surface area contributed by atoms with Crippen LogP contribution in [-0.2, 0) is 0 Å². The van der Waals surface area contributed by atoms with E-state index in [1.165, 1.54) is 0 Å². The SMILES string of the molecule is CCCOc1ccc(C(=O)NC(=S)Nc2cc(-c3nc4cc(Cl)ccc4o3)ccc2C)cc1. The van der Waals surface area contributed by atoms with E-state index in [0.717, 1.165) is 29.0 Å². The number of aryl methyl sites for hydroxylation is 1. The van der Waals surface area contributed by atoms with Crippen molar-refractivity contribution in [2.45, 2.75) is 20.3 Å². The minimum Gasteiger partial charge on any atom is -0.494 e. The molecule has 168 valence electrons. The van der Waals surface area contributed by atoms with Crippen LogP contribution >= 0.6 is 23.8 Å². The number of benzene rings is 3. The van der Waals surface area contributed by atoms with Crippen LogP contribution < -0.4 is 15.4 Å². The summed E-state index contributed by atoms with van der Waals surface area (Å²) in [5.41, 5.74) is 4.28. The van der Waals surface area contributed by atoms with Crippen LogP contribution in [0.5, 0.6) is 5.75 Å². The maximum Gasteiger partial charge on any atom is 0.257 e. The number of rotatable bonds is 6. The first kappa shape index (κ1) is 22.8. The Morgan fingerprint density at radius 1 is 1.12 bits per heavy atom. The zero-order valence-electron chi connectivity index (χ0n) is 18.1. The Bertz CT molecular complexity index is 1320. The second kappa shape index (κ2) is 10.0. The summed E-state index contributed by atoms with van der Waals surface area (Å²) in [4.78, 5) is 17.1. The number of anilines is 1. The Labute approximate surface area is 201 Å². The van der Waals surface area contributed by atoms with Gasteiger partial charge in [-0.05, 0) is 85.7 Å². The van der Waals surface area contributed by atoms with E-state index >= 15 is 0 Å². The molecule has 6 nitrogen and oxygen atoms in total. The molecule has 0 saturated heterocycles. The highest BCUT2D eigenvalue weighted by Crippen LogP contribution is 2.29. The van der Waals surface area contributed by atoms with Gasteiger partial charge >= 0.3 is 0 Å². The van der Waals surface area contributed by atoms with Gasteiger partial charge in [-0.1, -0.05) is 24.6 Å². The highest BCUT2D eigenvalue weighted by Gasteiger charge is 2.13. The van der Waals surface area contributed by atoms with Crippen molar-refractivity contribution in [1.82, 2.24) is 10.3 Å². The quantitative estimate of drug-likeness (QED) is 0.313. The number of hydrogen-bond donors (Lipinski definition) is 2. The van der Waals surface area contributed by atoms with Crippen molar-refractivity contribution < 1.29 is 13.9 Å². The van der Waals surface area contributed by atoms with Gasteiger partial charge in [0.25, 0.3) is 5.91 Å². The van der Waals surface area contributed by atoms with Crippen molar-refractivity contribution in [3.8, 4) is 17.2 Å². The van der Waals surface area contributed by atoms with Crippen molar-refractivity contribution in [3.05, 3.63) is 76.8 Å². The van der Waals surface area contributed by atoms with Gasteiger partial charge in [-0.25, -0.2) is 4.98 Å². The Morgan fingerprint density at radius 3 is 2.67 bits per heavy atom. The third kappa shape index (κ3) is 5.50. The van der Waals surface area contributed by atoms with Gasteiger partial charge in [0.05, 0.1) is 6.61 Å². The lowest BCUT2D eigenvalue weighted by Crippen LogP contribution is -2.34. The van der Waals surface area contributed by atoms with E-state index in [-0.39, 0.29) is 11.0 Å². The van der Waals surface area contributed by atoms with Gasteiger partial charge in [0.2, 0.25) is 5.89 Å². The lowest BCUT2D eigenvalue weighted by Gasteiger charge is -2.13. The largest absolute Gasteiger partial charge is 0.494 e. The zero-order valence-corrected chi connectivity index (χ0v) is 19.7. The summed E-state index contributed by atoms with van der Waals surface area (Å²) in [5.74, 6) is 0.887. The third-order valence-corrected chi connectivity index (χ3v) is 5.34. The summed E-state index contributed by atoms with van der Waals surface area (Å²) in [6.45, 7) is 4.61. The lowest BCUT2D eigenvalue weighted by molar-refractivity contribution is 0.0977. The average Bonchev–Trinajstić information content (AvgIpc) is 3.22. The molecule has 0 fully saturated rings. The fraction of sp³-hybridized carbons (Fsp3) is 0.160. The number of nitrogens with one attached hydrogen (secondary N) is 2. The molecule has 2 N–H and O–H groups in total. The lowest BCUT2D eigenvalue weighted by atomic mass is 10.1. The first-order valence-electron chi connectivity index (χ1n) is 10.5. The maximum atomic E-state index is 12.6. The number of ether oxygens (including phenoxy) is 1. The Morgan fingerprint density at radius 2 is 1.91 bits per heavy atom. The molecule has 4 rings (SSSR count). The van der Waals surface area contributed by atoms with Gasteiger partial charge in [-0.2, -0.15) is 0 Å². The van der Waals surface area contributed by atoms with Crippen molar-refractivity contribution in [2.75, 3.05) is 11.9 Å². The van der Waals surface area contributed by atoms with Gasteiger partial charge < -0.3 is 14.5 Å². The Balaban J connectivity index is 1.45. The summed E-state index contributed by atoms with van der Waals surface area (Å²) in [5, 5.41) is 6.58. The van der Waals surface area contributed by atoms with Crippen LogP contribution in [0.15, 0.2) is 65.1 Å². The standard InChI is InChI=1S/C25H22ClN3O3S/c1-3-12-31-19-9-6-16(7-10-19)23(30)29-25(33)28-20-13-17(5-4-15(20)2)24-27-21-14-18(26)8-11-22(21)32-24/h4-11,13-14H,3,12H2,1-2H3,(H2,28,29,30,33). The highest BCUT2D eigenvalue weighted by molar-refractivity contribution is 7.80. The molecule has 4 aromatic rings. The maximum absolute atomic E-state index is 12.6. The highest BCUT2D eigenvalue weighted by atomic mass is 35.5. The number of amides is 1. The minimum atomic E-state index is -0.306. The minimum absolute atomic E-state index is 0.191. The number of hydrogen-bond acceptors (Lipinski definition) is 5. The van der Waals surface area contributed by atoms with Gasteiger partial charge in [0, 0.05) is 21.8 Å². The number of oxazole rings is 1. The monoisotopic (exact) mass is 479 g/mol. The smallest absolute Gasteiger partial charge is 0.257 e. The topological polar surface area (TPSA) is 76.4 Å². The Kier molecular flexibility index (Phi) is 6.91. The molecular formula is C25H22ClN3O3S. The second-order valence-electron chi connectivity index (χ2n) is 7.44. The number of aromatic nitrogens is 1. The average molecular weight is 480 g/mol. The fourth-order valence-corrected chi connectivity index (χ4v) is 3.53. The van der Waals surface area contributed by atoms with Crippen molar-refractivity contribution in [3.63, 3.8) is 0 Å². The van der Waals surface area contributed by atoms with Crippen LogP contribution in [0.25, 0.3) is 22.6 Å². The molecule has 3 aromatic carbocycles. The fourth-order valence-electron chi connectivity index (χ4n) is 3.17. The van der Waals surface area contributed by atoms with Crippen molar-refractivity contribution in [2.24, 2.45) is 0 Å². The van der Waals surface area contributed by atoms with Crippen LogP contribution in [0.4, 0.5) is 5.69 Å². The van der Waals surface area contributed by atoms with Gasteiger partial charge in [0.1, 0.15) is 11.3 Å². The molecule has 0 unspecified atom stereocenters. The second-order valence-corrected chi connectivity index (χ2v) is 8.29. The molecule has 0 aliphatic carbocycles. The summed E-state index contributed by atoms with van der Waals surface area (Å²) in [7, 11) is 0. The van der Waals surface area contributed by atoms with Gasteiger partial charge in [0.15, 0.2) is 10.7 Å². The van der Waals surface area contributed by atoms with E-state index < -0.39 is 0 Å². The molecule has 33 heavy (non-hydrogen) atoms. The van der Waals surface area contributed by atoms with E-state index in [1.807, 2.05) is 32.0 Å². The van der Waals surface area contributed by atoms with Crippen LogP contribution in [-0.4, -0.2) is 22.6 Å². The number of carbonyl (C=O) groups is 1.